The standard InChI is InChI=1S/C17H21Br2NS/c1-6-20-16(14-8-13(18)17(19)21-14)15-11(4)9(2)7-10(3)12(15)5/h7-8,16,20H,6H2,1-5H3. The van der Waals surface area contributed by atoms with Gasteiger partial charge in [0.1, 0.15) is 0 Å². The van der Waals surface area contributed by atoms with Crippen molar-refractivity contribution in [3.8, 4) is 0 Å². The summed E-state index contributed by atoms with van der Waals surface area (Å²) >= 11 is 9.02. The summed E-state index contributed by atoms with van der Waals surface area (Å²) in [4.78, 5) is 1.34. The quantitative estimate of drug-likeness (QED) is 0.608. The van der Waals surface area contributed by atoms with Crippen LogP contribution in [0.2, 0.25) is 0 Å². The van der Waals surface area contributed by atoms with Crippen LogP contribution in [0.25, 0.3) is 0 Å². The average Bonchev–Trinajstić information content (AvgIpc) is 2.75. The minimum absolute atomic E-state index is 0.251. The number of nitrogens with one attached hydrogen (secondary N) is 1. The van der Waals surface area contributed by atoms with Crippen molar-refractivity contribution in [2.24, 2.45) is 0 Å². The van der Waals surface area contributed by atoms with Gasteiger partial charge in [-0.3, -0.25) is 0 Å². The smallest absolute Gasteiger partial charge is 0.0843 e. The van der Waals surface area contributed by atoms with E-state index in [1.807, 2.05) is 0 Å². The predicted molar refractivity (Wildman–Crippen MR) is 101 cm³/mol. The third-order valence-corrected chi connectivity index (χ3v) is 7.39. The second kappa shape index (κ2) is 6.95. The van der Waals surface area contributed by atoms with Gasteiger partial charge >= 0.3 is 0 Å². The molecule has 114 valence electrons. The largest absolute Gasteiger partial charge is 0.306 e. The lowest BCUT2D eigenvalue weighted by Gasteiger charge is -2.24. The van der Waals surface area contributed by atoms with Crippen LogP contribution in [0.4, 0.5) is 0 Å². The van der Waals surface area contributed by atoms with Gasteiger partial charge in [-0.05, 0) is 100.0 Å². The first-order valence-electron chi connectivity index (χ1n) is 7.12. The number of hydrogen-bond donors (Lipinski definition) is 1. The van der Waals surface area contributed by atoms with E-state index in [9.17, 15) is 0 Å². The highest BCUT2D eigenvalue weighted by molar-refractivity contribution is 9.13. The van der Waals surface area contributed by atoms with Crippen LogP contribution in [-0.2, 0) is 0 Å². The molecule has 0 bridgehead atoms. The lowest BCUT2D eigenvalue weighted by molar-refractivity contribution is 0.632. The minimum Gasteiger partial charge on any atom is -0.306 e. The van der Waals surface area contributed by atoms with E-state index >= 15 is 0 Å². The number of aryl methyl sites for hydroxylation is 2. The second-order valence-electron chi connectivity index (χ2n) is 5.44. The van der Waals surface area contributed by atoms with Crippen molar-refractivity contribution < 1.29 is 0 Å². The lowest BCUT2D eigenvalue weighted by atomic mass is 9.89. The Morgan fingerprint density at radius 3 is 2.05 bits per heavy atom. The zero-order valence-electron chi connectivity index (χ0n) is 13.1. The van der Waals surface area contributed by atoms with E-state index in [0.717, 1.165) is 14.8 Å². The molecule has 0 radical (unpaired) electrons. The average molecular weight is 431 g/mol. The fraction of sp³-hybridized carbons (Fsp3) is 0.412. The molecule has 1 atom stereocenters. The molecule has 2 rings (SSSR count). The van der Waals surface area contributed by atoms with E-state index in [4.69, 9.17) is 0 Å². The van der Waals surface area contributed by atoms with Gasteiger partial charge in [-0.15, -0.1) is 11.3 Å². The molecule has 0 aliphatic rings. The maximum Gasteiger partial charge on any atom is 0.0843 e. The number of rotatable bonds is 4. The van der Waals surface area contributed by atoms with Gasteiger partial charge in [0.25, 0.3) is 0 Å². The molecule has 1 unspecified atom stereocenters. The number of thiophene rings is 1. The van der Waals surface area contributed by atoms with Gasteiger partial charge < -0.3 is 5.32 Å². The second-order valence-corrected chi connectivity index (χ2v) is 8.69. The molecule has 1 nitrogen and oxygen atoms in total. The minimum atomic E-state index is 0.251. The maximum absolute atomic E-state index is 3.66. The molecule has 21 heavy (non-hydrogen) atoms. The van der Waals surface area contributed by atoms with Crippen LogP contribution in [0, 0.1) is 27.7 Å². The highest BCUT2D eigenvalue weighted by atomic mass is 79.9. The van der Waals surface area contributed by atoms with Gasteiger partial charge in [0.15, 0.2) is 0 Å². The third-order valence-electron chi connectivity index (χ3n) is 4.07. The van der Waals surface area contributed by atoms with Crippen LogP contribution in [0.1, 0.15) is 45.7 Å². The summed E-state index contributed by atoms with van der Waals surface area (Å²) in [5.74, 6) is 0. The van der Waals surface area contributed by atoms with Gasteiger partial charge in [-0.1, -0.05) is 13.0 Å². The van der Waals surface area contributed by atoms with Gasteiger partial charge in [0.2, 0.25) is 0 Å². The van der Waals surface area contributed by atoms with E-state index in [1.165, 1.54) is 32.7 Å². The van der Waals surface area contributed by atoms with Crippen molar-refractivity contribution in [2.75, 3.05) is 6.54 Å². The molecule has 0 saturated carbocycles. The van der Waals surface area contributed by atoms with Crippen LogP contribution >= 0.6 is 43.2 Å². The van der Waals surface area contributed by atoms with E-state index < -0.39 is 0 Å². The fourth-order valence-corrected chi connectivity index (χ4v) is 4.91. The molecular formula is C17H21Br2NS. The van der Waals surface area contributed by atoms with E-state index in [-0.39, 0.29) is 6.04 Å². The summed E-state index contributed by atoms with van der Waals surface area (Å²) < 4.78 is 2.28. The molecule has 0 amide bonds. The van der Waals surface area contributed by atoms with Crippen molar-refractivity contribution in [3.05, 3.63) is 53.1 Å². The predicted octanol–water partition coefficient (Wildman–Crippen LogP) is 6.21. The summed E-state index contributed by atoms with van der Waals surface area (Å²) in [7, 11) is 0. The Morgan fingerprint density at radius 1 is 1.05 bits per heavy atom. The number of hydrogen-bond acceptors (Lipinski definition) is 2. The molecule has 4 heteroatoms. The molecular weight excluding hydrogens is 410 g/mol. The molecule has 0 saturated heterocycles. The van der Waals surface area contributed by atoms with Gasteiger partial charge in [-0.2, -0.15) is 0 Å². The Morgan fingerprint density at radius 2 is 1.62 bits per heavy atom. The van der Waals surface area contributed by atoms with Crippen molar-refractivity contribution >= 4 is 43.2 Å². The summed E-state index contributed by atoms with van der Waals surface area (Å²) in [6.45, 7) is 12.0. The fourth-order valence-electron chi connectivity index (χ4n) is 2.73. The maximum atomic E-state index is 3.66. The number of halogens is 2. The van der Waals surface area contributed by atoms with Crippen molar-refractivity contribution in [1.82, 2.24) is 5.32 Å². The molecule has 1 N–H and O–H groups in total. The van der Waals surface area contributed by atoms with Gasteiger partial charge in [-0.25, -0.2) is 0 Å². The van der Waals surface area contributed by atoms with Crippen LogP contribution in [0.5, 0.6) is 0 Å². The summed E-state index contributed by atoms with van der Waals surface area (Å²) in [6.07, 6.45) is 0. The highest BCUT2D eigenvalue weighted by Crippen LogP contribution is 2.40. The molecule has 1 aromatic carbocycles. The van der Waals surface area contributed by atoms with E-state index in [1.54, 1.807) is 11.3 Å². The first-order valence-corrected chi connectivity index (χ1v) is 9.52. The summed E-state index contributed by atoms with van der Waals surface area (Å²) in [5.41, 5.74) is 6.95. The van der Waals surface area contributed by atoms with Crippen LogP contribution in [0.3, 0.4) is 0 Å². The molecule has 0 aliphatic heterocycles. The first-order chi connectivity index (χ1) is 9.86. The summed E-state index contributed by atoms with van der Waals surface area (Å²) in [5, 5.41) is 3.66. The Hall–Kier alpha value is -0.160. The number of benzene rings is 1. The van der Waals surface area contributed by atoms with E-state index in [2.05, 4.69) is 83.9 Å². The Kier molecular flexibility index (Phi) is 5.69. The van der Waals surface area contributed by atoms with Crippen LogP contribution in [0.15, 0.2) is 20.4 Å². The molecule has 0 aliphatic carbocycles. The van der Waals surface area contributed by atoms with Crippen molar-refractivity contribution in [3.63, 3.8) is 0 Å². The van der Waals surface area contributed by atoms with Crippen molar-refractivity contribution in [2.45, 2.75) is 40.7 Å². The zero-order valence-corrected chi connectivity index (χ0v) is 17.1. The Balaban J connectivity index is 2.63. The monoisotopic (exact) mass is 429 g/mol. The Labute approximate surface area is 148 Å². The SMILES string of the molecule is CCNC(c1cc(Br)c(Br)s1)c1c(C)c(C)cc(C)c1C. The molecule has 1 aromatic heterocycles. The third kappa shape index (κ3) is 3.44. The van der Waals surface area contributed by atoms with Crippen molar-refractivity contribution in [1.29, 1.82) is 0 Å². The molecule has 1 heterocycles. The summed E-state index contributed by atoms with van der Waals surface area (Å²) in [6, 6.07) is 4.76. The molecule has 2 aromatic rings. The first kappa shape index (κ1) is 17.2. The van der Waals surface area contributed by atoms with Gasteiger partial charge in [0.05, 0.1) is 9.83 Å². The molecule has 0 fully saturated rings. The van der Waals surface area contributed by atoms with Crippen LogP contribution in [-0.4, -0.2) is 6.54 Å². The topological polar surface area (TPSA) is 12.0 Å². The van der Waals surface area contributed by atoms with Gasteiger partial charge in [0, 0.05) is 9.35 Å². The van der Waals surface area contributed by atoms with E-state index in [0.29, 0.717) is 0 Å². The lowest BCUT2D eigenvalue weighted by Crippen LogP contribution is -2.23. The Bertz CT molecular complexity index is 616. The zero-order chi connectivity index (χ0) is 15.7. The molecule has 0 spiro atoms. The normalized spacial score (nSPS) is 12.7. The van der Waals surface area contributed by atoms with Crippen LogP contribution < -0.4 is 5.32 Å². The highest BCUT2D eigenvalue weighted by Gasteiger charge is 2.22.